The molecule has 3 aromatic rings. The van der Waals surface area contributed by atoms with Crippen LogP contribution < -0.4 is 14.9 Å². The van der Waals surface area contributed by atoms with Crippen molar-refractivity contribution in [2.24, 2.45) is 5.10 Å². The highest BCUT2D eigenvalue weighted by atomic mass is 79.9. The van der Waals surface area contributed by atoms with Gasteiger partial charge in [-0.1, -0.05) is 23.7 Å². The van der Waals surface area contributed by atoms with Gasteiger partial charge in [0.05, 0.1) is 26.2 Å². The number of hydrogen-bond acceptors (Lipinski definition) is 7. The highest BCUT2D eigenvalue weighted by Gasteiger charge is 2.12. The number of esters is 1. The van der Waals surface area contributed by atoms with Gasteiger partial charge in [0.1, 0.15) is 11.5 Å². The molecule has 0 aromatic heterocycles. The number of nitro groups is 1. The number of halogens is 2. The van der Waals surface area contributed by atoms with Crippen molar-refractivity contribution < 1.29 is 24.0 Å². The number of rotatable bonds is 8. The number of amides is 1. The Bertz CT molecular complexity index is 1220. The Labute approximate surface area is 201 Å². The zero-order chi connectivity index (χ0) is 23.8. The maximum atomic E-state index is 12.2. The van der Waals surface area contributed by atoms with Crippen LogP contribution in [0, 0.1) is 10.1 Å². The number of benzene rings is 3. The smallest absolute Gasteiger partial charge is 0.345 e. The van der Waals surface area contributed by atoms with Crippen molar-refractivity contribution in [2.75, 3.05) is 6.61 Å². The quantitative estimate of drug-likeness (QED) is 0.147. The summed E-state index contributed by atoms with van der Waals surface area (Å²) in [6, 6.07) is 17.0. The molecule has 0 aliphatic carbocycles. The van der Waals surface area contributed by atoms with Crippen molar-refractivity contribution in [3.63, 3.8) is 0 Å². The lowest BCUT2D eigenvalue weighted by molar-refractivity contribution is -0.384. The van der Waals surface area contributed by atoms with Gasteiger partial charge < -0.3 is 9.47 Å². The number of nitro benzene ring substituents is 1. The van der Waals surface area contributed by atoms with Crippen molar-refractivity contribution in [2.45, 2.75) is 0 Å². The number of carbonyl (C=O) groups is 2. The first-order chi connectivity index (χ1) is 15.8. The van der Waals surface area contributed by atoms with Gasteiger partial charge in [-0.15, -0.1) is 0 Å². The molecule has 0 saturated heterocycles. The average molecular weight is 533 g/mol. The molecule has 0 unspecified atom stereocenters. The molecular weight excluding hydrogens is 518 g/mol. The minimum atomic E-state index is -0.575. The van der Waals surface area contributed by atoms with E-state index in [0.29, 0.717) is 20.8 Å². The first-order valence-corrected chi connectivity index (χ1v) is 10.5. The number of carbonyl (C=O) groups excluding carboxylic acids is 2. The zero-order valence-corrected chi connectivity index (χ0v) is 19.1. The molecule has 3 aromatic carbocycles. The van der Waals surface area contributed by atoms with E-state index in [4.69, 9.17) is 21.1 Å². The topological polar surface area (TPSA) is 120 Å². The summed E-state index contributed by atoms with van der Waals surface area (Å²) >= 11 is 9.14. The number of nitrogens with zero attached hydrogens (tertiary/aromatic N) is 2. The number of hydrazone groups is 1. The molecule has 11 heteroatoms. The van der Waals surface area contributed by atoms with E-state index in [-0.39, 0.29) is 23.6 Å². The Morgan fingerprint density at radius 1 is 1.12 bits per heavy atom. The van der Waals surface area contributed by atoms with E-state index < -0.39 is 16.8 Å². The first kappa shape index (κ1) is 23.9. The van der Waals surface area contributed by atoms with Crippen LogP contribution in [-0.4, -0.2) is 29.6 Å². The van der Waals surface area contributed by atoms with Crippen LogP contribution in [-0.2, 0) is 4.79 Å². The lowest BCUT2D eigenvalue weighted by Gasteiger charge is -2.07. The molecule has 168 valence electrons. The Hall–Kier alpha value is -3.76. The van der Waals surface area contributed by atoms with Crippen molar-refractivity contribution >= 4 is 51.3 Å². The molecule has 33 heavy (non-hydrogen) atoms. The summed E-state index contributed by atoms with van der Waals surface area (Å²) in [4.78, 5) is 34.3. The van der Waals surface area contributed by atoms with Crippen LogP contribution >= 0.6 is 27.5 Å². The van der Waals surface area contributed by atoms with Crippen LogP contribution in [0.3, 0.4) is 0 Å². The van der Waals surface area contributed by atoms with Crippen LogP contribution in [0.5, 0.6) is 11.5 Å². The second-order valence-corrected chi connectivity index (χ2v) is 7.65. The SMILES string of the molecule is O=C(COc1ccc([N+](=O)[O-])cc1Br)N/N=C/c1ccc(OC(=O)c2ccccc2Cl)cc1. The maximum Gasteiger partial charge on any atom is 0.345 e. The van der Waals surface area contributed by atoms with Gasteiger partial charge in [0.15, 0.2) is 6.61 Å². The summed E-state index contributed by atoms with van der Waals surface area (Å²) in [5, 5.41) is 14.9. The second-order valence-electron chi connectivity index (χ2n) is 6.39. The molecule has 0 radical (unpaired) electrons. The summed E-state index contributed by atoms with van der Waals surface area (Å²) in [6.07, 6.45) is 1.40. The minimum Gasteiger partial charge on any atom is -0.483 e. The van der Waals surface area contributed by atoms with Crippen molar-refractivity contribution in [3.05, 3.63) is 97.5 Å². The summed E-state index contributed by atoms with van der Waals surface area (Å²) in [7, 11) is 0. The monoisotopic (exact) mass is 531 g/mol. The average Bonchev–Trinajstić information content (AvgIpc) is 2.79. The number of ether oxygens (including phenoxy) is 2. The largest absolute Gasteiger partial charge is 0.483 e. The summed E-state index contributed by atoms with van der Waals surface area (Å²) in [6.45, 7) is -0.343. The fraction of sp³-hybridized carbons (Fsp3) is 0.0455. The number of nitrogens with one attached hydrogen (secondary N) is 1. The predicted octanol–water partition coefficient (Wildman–Crippen LogP) is 4.76. The van der Waals surface area contributed by atoms with Crippen molar-refractivity contribution in [3.8, 4) is 11.5 Å². The van der Waals surface area contributed by atoms with Crippen LogP contribution in [0.15, 0.2) is 76.3 Å². The Morgan fingerprint density at radius 3 is 2.52 bits per heavy atom. The molecule has 3 rings (SSSR count). The lowest BCUT2D eigenvalue weighted by atomic mass is 10.2. The molecule has 0 aliphatic rings. The van der Waals surface area contributed by atoms with Crippen molar-refractivity contribution in [1.29, 1.82) is 0 Å². The molecular formula is C22H15BrClN3O6. The second kappa shape index (κ2) is 11.2. The van der Waals surface area contributed by atoms with Gasteiger partial charge in [-0.25, -0.2) is 10.2 Å². The molecule has 0 bridgehead atoms. The zero-order valence-electron chi connectivity index (χ0n) is 16.7. The normalized spacial score (nSPS) is 10.6. The Kier molecular flexibility index (Phi) is 8.11. The highest BCUT2D eigenvalue weighted by Crippen LogP contribution is 2.29. The first-order valence-electron chi connectivity index (χ1n) is 9.29. The molecule has 0 aliphatic heterocycles. The lowest BCUT2D eigenvalue weighted by Crippen LogP contribution is -2.24. The molecule has 1 N–H and O–H groups in total. The summed E-state index contributed by atoms with van der Waals surface area (Å²) in [5.74, 6) is -0.499. The van der Waals surface area contributed by atoms with Crippen LogP contribution in [0.2, 0.25) is 5.02 Å². The maximum absolute atomic E-state index is 12.2. The van der Waals surface area contributed by atoms with Crippen LogP contribution in [0.4, 0.5) is 5.69 Å². The third kappa shape index (κ3) is 6.86. The molecule has 0 saturated carbocycles. The molecule has 1 amide bonds. The minimum absolute atomic E-state index is 0.104. The van der Waals surface area contributed by atoms with Gasteiger partial charge in [0, 0.05) is 12.1 Å². The standard InChI is InChI=1S/C22H15BrClN3O6/c23-18-11-15(27(30)31)7-10-20(18)32-13-21(28)26-25-12-14-5-8-16(9-6-14)33-22(29)17-3-1-2-4-19(17)24/h1-12H,13H2,(H,26,28)/b25-12+. The van der Waals surface area contributed by atoms with E-state index in [1.54, 1.807) is 48.5 Å². The predicted molar refractivity (Wildman–Crippen MR) is 125 cm³/mol. The van der Waals surface area contributed by atoms with Gasteiger partial charge in [-0.3, -0.25) is 14.9 Å². The summed E-state index contributed by atoms with van der Waals surface area (Å²) in [5.41, 5.74) is 3.11. The highest BCUT2D eigenvalue weighted by molar-refractivity contribution is 9.10. The Morgan fingerprint density at radius 2 is 1.85 bits per heavy atom. The van der Waals surface area contributed by atoms with Gasteiger partial charge in [-0.05, 0) is 64.0 Å². The van der Waals surface area contributed by atoms with Gasteiger partial charge in [0.25, 0.3) is 11.6 Å². The Balaban J connectivity index is 1.48. The van der Waals surface area contributed by atoms with Gasteiger partial charge >= 0.3 is 5.97 Å². The van der Waals surface area contributed by atoms with E-state index in [9.17, 15) is 19.7 Å². The molecule has 9 nitrogen and oxygen atoms in total. The van der Waals surface area contributed by atoms with Crippen LogP contribution in [0.25, 0.3) is 0 Å². The molecule has 0 fully saturated rings. The van der Waals surface area contributed by atoms with Gasteiger partial charge in [0.2, 0.25) is 0 Å². The molecule has 0 atom stereocenters. The number of non-ortho nitro benzene ring substituents is 1. The van der Waals surface area contributed by atoms with E-state index in [1.165, 1.54) is 24.4 Å². The fourth-order valence-electron chi connectivity index (χ4n) is 2.49. The molecule has 0 spiro atoms. The number of hydrogen-bond donors (Lipinski definition) is 1. The fourth-order valence-corrected chi connectivity index (χ4v) is 3.18. The molecule has 0 heterocycles. The van der Waals surface area contributed by atoms with E-state index >= 15 is 0 Å². The third-order valence-electron chi connectivity index (χ3n) is 4.07. The summed E-state index contributed by atoms with van der Waals surface area (Å²) < 4.78 is 11.0. The third-order valence-corrected chi connectivity index (χ3v) is 5.02. The van der Waals surface area contributed by atoms with E-state index in [1.807, 2.05) is 0 Å². The van der Waals surface area contributed by atoms with E-state index in [0.717, 1.165) is 0 Å². The van der Waals surface area contributed by atoms with Gasteiger partial charge in [-0.2, -0.15) is 5.10 Å². The van der Waals surface area contributed by atoms with Crippen molar-refractivity contribution in [1.82, 2.24) is 5.43 Å². The van der Waals surface area contributed by atoms with E-state index in [2.05, 4.69) is 26.5 Å². The van der Waals surface area contributed by atoms with Crippen LogP contribution in [0.1, 0.15) is 15.9 Å².